The Balaban J connectivity index is 1.67. The van der Waals surface area contributed by atoms with Crippen molar-refractivity contribution in [3.63, 3.8) is 0 Å². The molecule has 1 heterocycles. The number of hydrogen-bond acceptors (Lipinski definition) is 5. The van der Waals surface area contributed by atoms with Gasteiger partial charge in [0.05, 0.1) is 28.4 Å². The fourth-order valence-corrected chi connectivity index (χ4v) is 4.54. The van der Waals surface area contributed by atoms with Crippen molar-refractivity contribution in [2.45, 2.75) is 11.8 Å². The Morgan fingerprint density at radius 2 is 1.74 bits per heavy atom. The maximum atomic E-state index is 13.2. The number of fused-ring (bicyclic) bond motifs is 2. The van der Waals surface area contributed by atoms with Crippen LogP contribution >= 0.6 is 11.6 Å². The van der Waals surface area contributed by atoms with Gasteiger partial charge < -0.3 is 14.8 Å². The molecule has 3 aromatic carbocycles. The van der Waals surface area contributed by atoms with Gasteiger partial charge in [-0.05, 0) is 67.6 Å². The van der Waals surface area contributed by atoms with E-state index in [-0.39, 0.29) is 16.2 Å². The first kappa shape index (κ1) is 21.0. The molecule has 3 aromatic rings. The minimum absolute atomic E-state index is 0.0367. The highest BCUT2D eigenvalue weighted by atomic mass is 35.5. The minimum Gasteiger partial charge on any atom is -0.494 e. The Labute approximate surface area is 185 Å². The summed E-state index contributed by atoms with van der Waals surface area (Å²) in [6, 6.07) is 15.7. The fourth-order valence-electron chi connectivity index (χ4n) is 3.15. The van der Waals surface area contributed by atoms with Gasteiger partial charge in [0.1, 0.15) is 11.5 Å². The number of benzene rings is 3. The molecule has 0 fully saturated rings. The predicted molar refractivity (Wildman–Crippen MR) is 119 cm³/mol. The molecule has 0 aliphatic carbocycles. The third-order valence-corrected chi connectivity index (χ3v) is 6.79. The largest absolute Gasteiger partial charge is 0.494 e. The number of nitrogens with zero attached hydrogens (tertiary/aromatic N) is 1. The number of carbonyl (C=O) groups is 1. The number of amides is 1. The molecule has 1 amide bonds. The second-order valence-electron chi connectivity index (χ2n) is 6.75. The number of ether oxygens (including phenoxy) is 2. The van der Waals surface area contributed by atoms with Crippen LogP contribution in [0.15, 0.2) is 65.6 Å². The van der Waals surface area contributed by atoms with Crippen molar-refractivity contribution < 1.29 is 22.7 Å². The number of hydrogen-bond donors (Lipinski definition) is 1. The molecule has 7 nitrogen and oxygen atoms in total. The van der Waals surface area contributed by atoms with Crippen LogP contribution in [-0.2, 0) is 10.0 Å². The zero-order chi connectivity index (χ0) is 22.2. The van der Waals surface area contributed by atoms with Crippen molar-refractivity contribution in [3.8, 4) is 17.2 Å². The molecule has 160 valence electrons. The lowest BCUT2D eigenvalue weighted by atomic mass is 10.2. The van der Waals surface area contributed by atoms with E-state index in [0.29, 0.717) is 34.5 Å². The molecule has 4 rings (SSSR count). The second-order valence-corrected chi connectivity index (χ2v) is 9.16. The molecule has 0 unspecified atom stereocenters. The molecule has 1 N–H and O–H groups in total. The van der Waals surface area contributed by atoms with E-state index in [1.807, 2.05) is 6.92 Å². The number of nitrogens with one attached hydrogen (secondary N) is 1. The summed E-state index contributed by atoms with van der Waals surface area (Å²) in [7, 11) is -2.47. The van der Waals surface area contributed by atoms with Gasteiger partial charge in [0, 0.05) is 12.1 Å². The molecule has 0 bridgehead atoms. The van der Waals surface area contributed by atoms with Crippen LogP contribution in [0.5, 0.6) is 17.2 Å². The zero-order valence-corrected chi connectivity index (χ0v) is 18.3. The van der Waals surface area contributed by atoms with Crippen LogP contribution in [0.2, 0.25) is 5.02 Å². The summed E-state index contributed by atoms with van der Waals surface area (Å²) in [5.74, 6) is 0.826. The van der Waals surface area contributed by atoms with Gasteiger partial charge in [-0.1, -0.05) is 11.6 Å². The maximum absolute atomic E-state index is 13.2. The second kappa shape index (κ2) is 8.13. The van der Waals surface area contributed by atoms with E-state index in [2.05, 4.69) is 5.32 Å². The van der Waals surface area contributed by atoms with Crippen LogP contribution < -0.4 is 19.1 Å². The van der Waals surface area contributed by atoms with Crippen molar-refractivity contribution in [3.05, 3.63) is 71.2 Å². The number of sulfonamides is 1. The Morgan fingerprint density at radius 3 is 2.45 bits per heavy atom. The highest BCUT2D eigenvalue weighted by molar-refractivity contribution is 7.92. The molecule has 0 radical (unpaired) electrons. The van der Waals surface area contributed by atoms with E-state index in [1.54, 1.807) is 42.5 Å². The first-order valence-corrected chi connectivity index (χ1v) is 11.3. The lowest BCUT2D eigenvalue weighted by Crippen LogP contribution is -2.26. The molecular formula is C22H19ClN2O5S. The zero-order valence-electron chi connectivity index (χ0n) is 16.8. The van der Waals surface area contributed by atoms with Crippen molar-refractivity contribution in [2.75, 3.05) is 23.3 Å². The predicted octanol–water partition coefficient (Wildman–Crippen LogP) is 4.92. The third kappa shape index (κ3) is 4.04. The number of halogens is 1. The van der Waals surface area contributed by atoms with Gasteiger partial charge in [0.25, 0.3) is 15.9 Å². The van der Waals surface area contributed by atoms with E-state index >= 15 is 0 Å². The number of carbonyl (C=O) groups excluding carboxylic acids is 1. The Morgan fingerprint density at radius 1 is 1.03 bits per heavy atom. The van der Waals surface area contributed by atoms with Crippen LogP contribution in [0.4, 0.5) is 11.4 Å². The summed E-state index contributed by atoms with van der Waals surface area (Å²) >= 11 is 5.99. The molecule has 0 saturated heterocycles. The highest BCUT2D eigenvalue weighted by Gasteiger charge is 2.27. The molecule has 0 atom stereocenters. The monoisotopic (exact) mass is 458 g/mol. The van der Waals surface area contributed by atoms with E-state index in [1.165, 1.54) is 25.2 Å². The van der Waals surface area contributed by atoms with E-state index in [0.717, 1.165) is 4.31 Å². The van der Waals surface area contributed by atoms with E-state index in [4.69, 9.17) is 21.1 Å². The van der Waals surface area contributed by atoms with Crippen LogP contribution in [0.1, 0.15) is 17.3 Å². The molecule has 0 saturated carbocycles. The quantitative estimate of drug-likeness (QED) is 0.586. The van der Waals surface area contributed by atoms with Crippen molar-refractivity contribution >= 4 is 38.9 Å². The number of rotatable bonds is 5. The maximum Gasteiger partial charge on any atom is 0.264 e. The van der Waals surface area contributed by atoms with Crippen LogP contribution in [0, 0.1) is 0 Å². The molecule has 9 heteroatoms. The van der Waals surface area contributed by atoms with E-state index in [9.17, 15) is 13.2 Å². The van der Waals surface area contributed by atoms with Crippen LogP contribution in [-0.4, -0.2) is 28.0 Å². The van der Waals surface area contributed by atoms with Gasteiger partial charge in [-0.2, -0.15) is 0 Å². The molecule has 1 aliphatic rings. The normalized spacial score (nSPS) is 12.7. The van der Waals surface area contributed by atoms with Gasteiger partial charge in [-0.25, -0.2) is 8.42 Å². The Kier molecular flexibility index (Phi) is 5.51. The Hall–Kier alpha value is -3.23. The molecule has 0 spiro atoms. The van der Waals surface area contributed by atoms with Gasteiger partial charge in [0.2, 0.25) is 0 Å². The Bertz CT molecular complexity index is 1260. The highest BCUT2D eigenvalue weighted by Crippen LogP contribution is 2.38. The SMILES string of the molecule is CCOc1ccc(N(C)S(=O)(=O)c2ccc3c(c2)C(=O)Nc2cc(Cl)ccc2O3)cc1. The average Bonchev–Trinajstić information content (AvgIpc) is 2.89. The van der Waals surface area contributed by atoms with Crippen LogP contribution in [0.3, 0.4) is 0 Å². The lowest BCUT2D eigenvalue weighted by Gasteiger charge is -2.20. The summed E-state index contributed by atoms with van der Waals surface area (Å²) < 4.78 is 38.7. The van der Waals surface area contributed by atoms with Crippen LogP contribution in [0.25, 0.3) is 0 Å². The summed E-state index contributed by atoms with van der Waals surface area (Å²) in [5.41, 5.74) is 0.972. The van der Waals surface area contributed by atoms with E-state index < -0.39 is 15.9 Å². The number of anilines is 2. The summed E-state index contributed by atoms with van der Waals surface area (Å²) in [5, 5.41) is 3.15. The first-order chi connectivity index (χ1) is 14.8. The molecule has 31 heavy (non-hydrogen) atoms. The van der Waals surface area contributed by atoms with Gasteiger partial charge in [-0.3, -0.25) is 9.10 Å². The van der Waals surface area contributed by atoms with Crippen molar-refractivity contribution in [2.24, 2.45) is 0 Å². The standard InChI is InChI=1S/C22H19ClN2O5S/c1-3-29-16-7-5-15(6-8-16)25(2)31(27,28)17-9-11-20-18(13-17)22(26)24-19-12-14(23)4-10-21(19)30-20/h4-13H,3H2,1-2H3,(H,24,26). The lowest BCUT2D eigenvalue weighted by molar-refractivity contribution is 0.102. The average molecular weight is 459 g/mol. The van der Waals surface area contributed by atoms with Crippen molar-refractivity contribution in [1.29, 1.82) is 0 Å². The first-order valence-electron chi connectivity index (χ1n) is 9.44. The van der Waals surface area contributed by atoms with Crippen molar-refractivity contribution in [1.82, 2.24) is 0 Å². The summed E-state index contributed by atoms with van der Waals surface area (Å²) in [6.45, 7) is 2.39. The molecular weight excluding hydrogens is 440 g/mol. The van der Waals surface area contributed by atoms with Gasteiger partial charge >= 0.3 is 0 Å². The fraction of sp³-hybridized carbons (Fsp3) is 0.136. The minimum atomic E-state index is -3.92. The summed E-state index contributed by atoms with van der Waals surface area (Å²) in [6.07, 6.45) is 0. The topological polar surface area (TPSA) is 84.9 Å². The summed E-state index contributed by atoms with van der Waals surface area (Å²) in [4.78, 5) is 12.7. The van der Waals surface area contributed by atoms with Gasteiger partial charge in [0.15, 0.2) is 5.75 Å². The third-order valence-electron chi connectivity index (χ3n) is 4.78. The molecule has 0 aromatic heterocycles. The van der Waals surface area contributed by atoms with Gasteiger partial charge in [-0.15, -0.1) is 0 Å². The molecule has 1 aliphatic heterocycles. The smallest absolute Gasteiger partial charge is 0.264 e.